The van der Waals surface area contributed by atoms with Crippen molar-refractivity contribution < 1.29 is 63.6 Å². The molecule has 0 saturated carbocycles. The van der Waals surface area contributed by atoms with Gasteiger partial charge in [-0.15, -0.1) is 0 Å². The second kappa shape index (κ2) is 15.7. The van der Waals surface area contributed by atoms with Crippen LogP contribution in [0, 0.1) is 0 Å². The molecule has 14 heteroatoms. The lowest BCUT2D eigenvalue weighted by Gasteiger charge is -2.41. The van der Waals surface area contributed by atoms with Gasteiger partial charge in [-0.05, 0) is 71.8 Å². The van der Waals surface area contributed by atoms with Gasteiger partial charge in [-0.1, -0.05) is 24.3 Å². The van der Waals surface area contributed by atoms with Gasteiger partial charge in [0.1, 0.15) is 70.4 Å². The van der Waals surface area contributed by atoms with Crippen LogP contribution in [0.25, 0.3) is 34.4 Å². The van der Waals surface area contributed by atoms with E-state index in [2.05, 4.69) is 0 Å². The minimum Gasteiger partial charge on any atom is -0.508 e. The van der Waals surface area contributed by atoms with Gasteiger partial charge in [-0.3, -0.25) is 4.79 Å². The van der Waals surface area contributed by atoms with E-state index in [1.807, 2.05) is 0 Å². The number of benzene rings is 4. The number of carbonyl (C=O) groups is 2. The lowest BCUT2D eigenvalue weighted by atomic mass is 9.99. The molecule has 5 aromatic rings. The van der Waals surface area contributed by atoms with E-state index in [4.69, 9.17) is 23.4 Å². The van der Waals surface area contributed by atoms with Gasteiger partial charge in [0.05, 0.1) is 0 Å². The van der Waals surface area contributed by atoms with Crippen LogP contribution >= 0.6 is 0 Å². The van der Waals surface area contributed by atoms with Gasteiger partial charge in [0, 0.05) is 35.9 Å². The van der Waals surface area contributed by atoms with E-state index in [-0.39, 0.29) is 39.7 Å². The molecule has 14 nitrogen and oxygen atoms in total. The minimum absolute atomic E-state index is 0.000360. The topological polar surface area (TPSA) is 223 Å². The number of esters is 2. The van der Waals surface area contributed by atoms with E-state index in [0.29, 0.717) is 16.7 Å². The summed E-state index contributed by atoms with van der Waals surface area (Å²) in [5.41, 5.74) is 0.908. The lowest BCUT2D eigenvalue weighted by Crippen LogP contribution is -2.61. The minimum atomic E-state index is -1.86. The number of hydrogen-bond acceptors (Lipinski definition) is 14. The number of phenolic OH excluding ortho intramolecular Hbond substituents is 4. The van der Waals surface area contributed by atoms with Gasteiger partial charge in [0.25, 0.3) is 0 Å². The number of fused-ring (bicyclic) bond motifs is 1. The van der Waals surface area contributed by atoms with E-state index in [0.717, 1.165) is 18.2 Å². The zero-order valence-corrected chi connectivity index (χ0v) is 27.5. The largest absolute Gasteiger partial charge is 0.508 e. The first-order valence-corrected chi connectivity index (χ1v) is 16.0. The fraction of sp³-hybridized carbons (Fsp3) is 0.154. The molecule has 1 fully saturated rings. The van der Waals surface area contributed by atoms with Gasteiger partial charge >= 0.3 is 11.9 Å². The predicted octanol–water partition coefficient (Wildman–Crippen LogP) is 3.99. The number of aromatic hydroxyl groups is 4. The molecule has 5 unspecified atom stereocenters. The summed E-state index contributed by atoms with van der Waals surface area (Å²) >= 11 is 0. The Kier molecular flexibility index (Phi) is 10.7. The van der Waals surface area contributed by atoms with Crippen molar-refractivity contribution in [3.63, 3.8) is 0 Å². The monoisotopic (exact) mass is 724 g/mol. The molecule has 0 amide bonds. The highest BCUT2D eigenvalue weighted by molar-refractivity contribution is 5.88. The molecule has 1 saturated heterocycles. The van der Waals surface area contributed by atoms with Crippen LogP contribution in [-0.2, 0) is 23.8 Å². The quantitative estimate of drug-likeness (QED) is 0.0886. The Morgan fingerprint density at radius 3 is 1.89 bits per heavy atom. The van der Waals surface area contributed by atoms with Gasteiger partial charge in [0.15, 0.2) is 11.5 Å². The average Bonchev–Trinajstić information content (AvgIpc) is 3.13. The SMILES string of the molecule is O=C(C=Cc1ccc(O)cc1)OCC1OC(Oc2cc(O)c3c(=O)cc(-c4ccc(O)cc4)oc3c2)C(O)C(O)C1OC(=O)C=Cc1ccc(O)cc1. The van der Waals surface area contributed by atoms with Crippen LogP contribution in [-0.4, -0.2) is 79.9 Å². The number of aliphatic hydroxyl groups is 2. The molecule has 53 heavy (non-hydrogen) atoms. The van der Waals surface area contributed by atoms with Crippen LogP contribution in [0.3, 0.4) is 0 Å². The number of carbonyl (C=O) groups excluding carboxylic acids is 2. The van der Waals surface area contributed by atoms with Crippen molar-refractivity contribution in [3.8, 4) is 40.1 Å². The van der Waals surface area contributed by atoms with E-state index in [9.17, 15) is 45.0 Å². The van der Waals surface area contributed by atoms with Crippen LogP contribution in [0.15, 0.2) is 112 Å². The predicted molar refractivity (Wildman–Crippen MR) is 188 cm³/mol. The summed E-state index contributed by atoms with van der Waals surface area (Å²) in [5.74, 6) is -2.28. The summed E-state index contributed by atoms with van der Waals surface area (Å²) in [6, 6.07) is 21.3. The molecule has 272 valence electrons. The van der Waals surface area contributed by atoms with Gasteiger partial charge < -0.3 is 54.0 Å². The first-order valence-electron chi connectivity index (χ1n) is 16.0. The molecule has 6 N–H and O–H groups in total. The Morgan fingerprint density at radius 1 is 0.717 bits per heavy atom. The molecular formula is C39H32O14. The van der Waals surface area contributed by atoms with Crippen LogP contribution in [0.4, 0.5) is 0 Å². The second-order valence-electron chi connectivity index (χ2n) is 11.9. The highest BCUT2D eigenvalue weighted by Gasteiger charge is 2.48. The third-order valence-electron chi connectivity index (χ3n) is 8.08. The summed E-state index contributed by atoms with van der Waals surface area (Å²) in [6.07, 6.45) is -3.39. The molecule has 5 atom stereocenters. The molecule has 1 aromatic heterocycles. The maximum absolute atomic E-state index is 12.9. The first-order chi connectivity index (χ1) is 25.4. The Bertz CT molecular complexity index is 2210. The van der Waals surface area contributed by atoms with Crippen LogP contribution < -0.4 is 10.2 Å². The first kappa shape index (κ1) is 36.2. The summed E-state index contributed by atoms with van der Waals surface area (Å²) < 4.78 is 28.3. The van der Waals surface area contributed by atoms with Crippen LogP contribution in [0.2, 0.25) is 0 Å². The van der Waals surface area contributed by atoms with Crippen LogP contribution in [0.1, 0.15) is 11.1 Å². The highest BCUT2D eigenvalue weighted by atomic mass is 16.7. The molecule has 1 aliphatic heterocycles. The maximum atomic E-state index is 12.9. The zero-order chi connectivity index (χ0) is 37.6. The van der Waals surface area contributed by atoms with Gasteiger partial charge in [0.2, 0.25) is 6.29 Å². The summed E-state index contributed by atoms with van der Waals surface area (Å²) in [4.78, 5) is 38.4. The van der Waals surface area contributed by atoms with Crippen molar-refractivity contribution in [1.82, 2.24) is 0 Å². The molecule has 6 rings (SSSR count). The van der Waals surface area contributed by atoms with Crippen molar-refractivity contribution in [1.29, 1.82) is 0 Å². The third kappa shape index (κ3) is 8.83. The molecular weight excluding hydrogens is 692 g/mol. The van der Waals surface area contributed by atoms with E-state index < -0.39 is 60.4 Å². The van der Waals surface area contributed by atoms with Crippen molar-refractivity contribution in [2.45, 2.75) is 30.7 Å². The van der Waals surface area contributed by atoms with E-state index in [1.165, 1.54) is 72.8 Å². The number of phenols is 4. The summed E-state index contributed by atoms with van der Waals surface area (Å²) in [7, 11) is 0. The number of hydrogen-bond donors (Lipinski definition) is 6. The molecule has 0 spiro atoms. The Balaban J connectivity index is 1.23. The van der Waals surface area contributed by atoms with Crippen LogP contribution in [0.5, 0.6) is 28.7 Å². The van der Waals surface area contributed by atoms with Crippen molar-refractivity contribution >= 4 is 35.1 Å². The lowest BCUT2D eigenvalue weighted by molar-refractivity contribution is -0.281. The van der Waals surface area contributed by atoms with Crippen molar-refractivity contribution in [2.24, 2.45) is 0 Å². The fourth-order valence-electron chi connectivity index (χ4n) is 5.38. The number of rotatable bonds is 10. The van der Waals surface area contributed by atoms with Crippen molar-refractivity contribution in [2.75, 3.05) is 6.61 Å². The van der Waals surface area contributed by atoms with Gasteiger partial charge in [-0.2, -0.15) is 0 Å². The van der Waals surface area contributed by atoms with E-state index in [1.54, 1.807) is 24.3 Å². The fourth-order valence-corrected chi connectivity index (χ4v) is 5.38. The number of aliphatic hydroxyl groups excluding tert-OH is 2. The third-order valence-corrected chi connectivity index (χ3v) is 8.08. The zero-order valence-electron chi connectivity index (χ0n) is 27.5. The summed E-state index contributed by atoms with van der Waals surface area (Å²) in [5, 5.41) is 61.4. The molecule has 2 heterocycles. The molecule has 0 bridgehead atoms. The molecule has 0 aliphatic carbocycles. The Hall–Kier alpha value is -6.61. The van der Waals surface area contributed by atoms with E-state index >= 15 is 0 Å². The maximum Gasteiger partial charge on any atom is 0.331 e. The Labute approximate surface area is 300 Å². The highest BCUT2D eigenvalue weighted by Crippen LogP contribution is 2.34. The van der Waals surface area contributed by atoms with Crippen molar-refractivity contribution in [3.05, 3.63) is 124 Å². The molecule has 4 aromatic carbocycles. The number of ether oxygens (including phenoxy) is 4. The molecule has 1 aliphatic rings. The molecule has 0 radical (unpaired) electrons. The Morgan fingerprint density at radius 2 is 1.28 bits per heavy atom. The van der Waals surface area contributed by atoms with Gasteiger partial charge in [-0.25, -0.2) is 9.59 Å². The second-order valence-corrected chi connectivity index (χ2v) is 11.9. The standard InChI is InChI=1S/C39H32O14/c40-24-9-1-21(2-10-24)5-15-33(45)49-20-32-38(53-34(46)16-6-22-3-11-25(41)12-4-22)36(47)37(48)39(52-32)50-27-17-28(43)35-29(44)19-30(51-31(35)18-27)23-7-13-26(42)14-8-23/h1-19,32,36-43,47-48H,20H2. The summed E-state index contributed by atoms with van der Waals surface area (Å²) in [6.45, 7) is -0.587. The smallest absolute Gasteiger partial charge is 0.331 e. The normalized spacial score (nSPS) is 20.1. The average molecular weight is 725 g/mol.